The molecular formula is C20H19ClN4. The van der Waals surface area contributed by atoms with E-state index in [4.69, 9.17) is 16.6 Å². The SMILES string of the molecule is Cc1c(Cl)cccc1Nc1ccnc(N2CCCc3ccccc32)n1. The average molecular weight is 351 g/mol. The van der Waals surface area contributed by atoms with Gasteiger partial charge >= 0.3 is 0 Å². The molecule has 4 nitrogen and oxygen atoms in total. The Bertz CT molecular complexity index is 910. The van der Waals surface area contributed by atoms with Crippen LogP contribution in [0.5, 0.6) is 0 Å². The monoisotopic (exact) mass is 350 g/mol. The second-order valence-electron chi connectivity index (χ2n) is 6.16. The highest BCUT2D eigenvalue weighted by molar-refractivity contribution is 6.31. The van der Waals surface area contributed by atoms with Gasteiger partial charge in [-0.1, -0.05) is 35.9 Å². The highest BCUT2D eigenvalue weighted by Gasteiger charge is 2.20. The van der Waals surface area contributed by atoms with Gasteiger partial charge in [-0.05, 0) is 55.2 Å². The van der Waals surface area contributed by atoms with E-state index < -0.39 is 0 Å². The first-order valence-corrected chi connectivity index (χ1v) is 8.81. The maximum Gasteiger partial charge on any atom is 0.231 e. The van der Waals surface area contributed by atoms with Crippen LogP contribution in [-0.4, -0.2) is 16.5 Å². The van der Waals surface area contributed by atoms with Crippen molar-refractivity contribution in [2.45, 2.75) is 19.8 Å². The number of aryl methyl sites for hydroxylation is 1. The van der Waals surface area contributed by atoms with E-state index in [-0.39, 0.29) is 0 Å². The fraction of sp³-hybridized carbons (Fsp3) is 0.200. The number of aromatic nitrogens is 2. The van der Waals surface area contributed by atoms with Gasteiger partial charge in [-0.3, -0.25) is 0 Å². The minimum atomic E-state index is 0.719. The molecule has 0 saturated heterocycles. The van der Waals surface area contributed by atoms with Crippen LogP contribution in [0.1, 0.15) is 17.5 Å². The van der Waals surface area contributed by atoms with E-state index in [9.17, 15) is 0 Å². The Balaban J connectivity index is 1.66. The van der Waals surface area contributed by atoms with Gasteiger partial charge in [-0.25, -0.2) is 4.98 Å². The van der Waals surface area contributed by atoms with E-state index >= 15 is 0 Å². The third-order valence-corrected chi connectivity index (χ3v) is 4.93. The number of fused-ring (bicyclic) bond motifs is 1. The van der Waals surface area contributed by atoms with E-state index in [2.05, 4.69) is 39.5 Å². The molecule has 3 aromatic rings. The van der Waals surface area contributed by atoms with Crippen molar-refractivity contribution in [2.24, 2.45) is 0 Å². The largest absolute Gasteiger partial charge is 0.340 e. The minimum absolute atomic E-state index is 0.719. The second-order valence-corrected chi connectivity index (χ2v) is 6.57. The minimum Gasteiger partial charge on any atom is -0.340 e. The normalized spacial score (nSPS) is 13.4. The smallest absolute Gasteiger partial charge is 0.231 e. The zero-order valence-electron chi connectivity index (χ0n) is 14.0. The Morgan fingerprint density at radius 2 is 1.96 bits per heavy atom. The van der Waals surface area contributed by atoms with E-state index in [0.717, 1.165) is 47.4 Å². The molecule has 1 aromatic heterocycles. The molecule has 0 radical (unpaired) electrons. The van der Waals surface area contributed by atoms with Crippen molar-refractivity contribution >= 4 is 34.7 Å². The van der Waals surface area contributed by atoms with Crippen LogP contribution >= 0.6 is 11.6 Å². The Hall–Kier alpha value is -2.59. The van der Waals surface area contributed by atoms with Crippen molar-refractivity contribution in [3.8, 4) is 0 Å². The molecule has 0 atom stereocenters. The number of hydrogen-bond acceptors (Lipinski definition) is 4. The van der Waals surface area contributed by atoms with Crippen LogP contribution in [0.4, 0.5) is 23.1 Å². The lowest BCUT2D eigenvalue weighted by Gasteiger charge is -2.29. The summed E-state index contributed by atoms with van der Waals surface area (Å²) in [7, 11) is 0. The first kappa shape index (κ1) is 15.9. The second kappa shape index (κ2) is 6.73. The van der Waals surface area contributed by atoms with Gasteiger partial charge in [0.1, 0.15) is 5.82 Å². The first-order valence-electron chi connectivity index (χ1n) is 8.43. The van der Waals surface area contributed by atoms with Crippen molar-refractivity contribution in [1.82, 2.24) is 9.97 Å². The number of benzene rings is 2. The van der Waals surface area contributed by atoms with Crippen LogP contribution < -0.4 is 10.2 Å². The maximum atomic E-state index is 6.21. The molecule has 4 rings (SSSR count). The van der Waals surface area contributed by atoms with Crippen molar-refractivity contribution < 1.29 is 0 Å². The molecule has 0 fully saturated rings. The standard InChI is InChI=1S/C20H19ClN4/c1-14-16(21)8-4-9-17(14)23-19-11-12-22-20(24-19)25-13-5-7-15-6-2-3-10-18(15)25/h2-4,6,8-12H,5,7,13H2,1H3,(H,22,23,24). The fourth-order valence-electron chi connectivity index (χ4n) is 3.17. The zero-order chi connectivity index (χ0) is 17.2. The van der Waals surface area contributed by atoms with Crippen LogP contribution in [0.2, 0.25) is 5.02 Å². The van der Waals surface area contributed by atoms with Gasteiger partial charge in [0.15, 0.2) is 0 Å². The number of nitrogens with zero attached hydrogens (tertiary/aromatic N) is 3. The molecule has 0 aliphatic carbocycles. The predicted octanol–water partition coefficient (Wildman–Crippen LogP) is 5.27. The Morgan fingerprint density at radius 1 is 1.08 bits per heavy atom. The van der Waals surface area contributed by atoms with Crippen molar-refractivity contribution in [1.29, 1.82) is 0 Å². The summed E-state index contributed by atoms with van der Waals surface area (Å²) in [6, 6.07) is 16.2. The molecule has 0 bridgehead atoms. The molecule has 0 amide bonds. The van der Waals surface area contributed by atoms with Gasteiger partial charge in [0.2, 0.25) is 5.95 Å². The van der Waals surface area contributed by atoms with Gasteiger partial charge in [0.25, 0.3) is 0 Å². The zero-order valence-corrected chi connectivity index (χ0v) is 14.8. The highest BCUT2D eigenvalue weighted by atomic mass is 35.5. The topological polar surface area (TPSA) is 41.1 Å². The predicted molar refractivity (Wildman–Crippen MR) is 103 cm³/mol. The van der Waals surface area contributed by atoms with Crippen molar-refractivity contribution in [3.05, 3.63) is 70.9 Å². The average Bonchev–Trinajstić information content (AvgIpc) is 2.65. The molecule has 1 aliphatic rings. The number of para-hydroxylation sites is 1. The number of hydrogen-bond donors (Lipinski definition) is 1. The lowest BCUT2D eigenvalue weighted by atomic mass is 10.0. The molecule has 126 valence electrons. The molecular weight excluding hydrogens is 332 g/mol. The maximum absolute atomic E-state index is 6.21. The van der Waals surface area contributed by atoms with Crippen molar-refractivity contribution in [2.75, 3.05) is 16.8 Å². The number of rotatable bonds is 3. The molecule has 25 heavy (non-hydrogen) atoms. The summed E-state index contributed by atoms with van der Waals surface area (Å²) in [4.78, 5) is 11.4. The molecule has 0 spiro atoms. The summed E-state index contributed by atoms with van der Waals surface area (Å²) in [5.41, 5.74) is 4.51. The molecule has 1 aliphatic heterocycles. The van der Waals surface area contributed by atoms with Crippen LogP contribution in [0, 0.1) is 6.92 Å². The molecule has 2 aromatic carbocycles. The van der Waals surface area contributed by atoms with Gasteiger partial charge < -0.3 is 10.2 Å². The molecule has 0 saturated carbocycles. The summed E-state index contributed by atoms with van der Waals surface area (Å²) in [5, 5.41) is 4.09. The summed E-state index contributed by atoms with van der Waals surface area (Å²) >= 11 is 6.21. The number of halogens is 1. The molecule has 1 N–H and O–H groups in total. The van der Waals surface area contributed by atoms with E-state index in [1.807, 2.05) is 31.2 Å². The van der Waals surface area contributed by atoms with E-state index in [0.29, 0.717) is 0 Å². The summed E-state index contributed by atoms with van der Waals surface area (Å²) in [5.74, 6) is 1.48. The Kier molecular flexibility index (Phi) is 4.28. The number of anilines is 4. The van der Waals surface area contributed by atoms with Gasteiger partial charge in [-0.15, -0.1) is 0 Å². The molecule has 2 heterocycles. The van der Waals surface area contributed by atoms with Crippen LogP contribution in [-0.2, 0) is 6.42 Å². The van der Waals surface area contributed by atoms with Gasteiger partial charge in [-0.2, -0.15) is 4.98 Å². The van der Waals surface area contributed by atoms with Gasteiger partial charge in [0, 0.05) is 29.1 Å². The Morgan fingerprint density at radius 3 is 2.88 bits per heavy atom. The lowest BCUT2D eigenvalue weighted by Crippen LogP contribution is -2.26. The van der Waals surface area contributed by atoms with Crippen LogP contribution in [0.25, 0.3) is 0 Å². The summed E-state index contributed by atoms with van der Waals surface area (Å²) in [6.07, 6.45) is 4.00. The van der Waals surface area contributed by atoms with E-state index in [1.165, 1.54) is 11.3 Å². The quantitative estimate of drug-likeness (QED) is 0.699. The van der Waals surface area contributed by atoms with Crippen LogP contribution in [0.3, 0.4) is 0 Å². The third-order valence-electron chi connectivity index (χ3n) is 4.52. The first-order chi connectivity index (χ1) is 12.2. The van der Waals surface area contributed by atoms with Crippen molar-refractivity contribution in [3.63, 3.8) is 0 Å². The van der Waals surface area contributed by atoms with Gasteiger partial charge in [0.05, 0.1) is 0 Å². The summed E-state index contributed by atoms with van der Waals surface area (Å²) < 4.78 is 0. The third kappa shape index (κ3) is 3.17. The summed E-state index contributed by atoms with van der Waals surface area (Å²) in [6.45, 7) is 2.92. The molecule has 5 heteroatoms. The molecule has 0 unspecified atom stereocenters. The lowest BCUT2D eigenvalue weighted by molar-refractivity contribution is 0.751. The highest BCUT2D eigenvalue weighted by Crippen LogP contribution is 2.32. The number of nitrogens with one attached hydrogen (secondary N) is 1. The Labute approximate surface area is 152 Å². The van der Waals surface area contributed by atoms with E-state index in [1.54, 1.807) is 6.20 Å². The fourth-order valence-corrected chi connectivity index (χ4v) is 3.34. The van der Waals surface area contributed by atoms with Crippen LogP contribution in [0.15, 0.2) is 54.7 Å².